The van der Waals surface area contributed by atoms with E-state index in [1.807, 2.05) is 6.07 Å². The Kier molecular flexibility index (Phi) is 2.98. The lowest BCUT2D eigenvalue weighted by molar-refractivity contribution is -0.148. The summed E-state index contributed by atoms with van der Waals surface area (Å²) in [6.45, 7) is 3.74. The average molecular weight is 248 g/mol. The number of piperazine rings is 1. The van der Waals surface area contributed by atoms with Gasteiger partial charge in [-0.25, -0.2) is 0 Å². The molecule has 1 aliphatic heterocycles. The number of hydrogen-bond acceptors (Lipinski definition) is 3. The Hall–Kier alpha value is -2.04. The van der Waals surface area contributed by atoms with E-state index in [-0.39, 0.29) is 24.1 Å². The van der Waals surface area contributed by atoms with E-state index in [9.17, 15) is 14.7 Å². The molecule has 5 heteroatoms. The summed E-state index contributed by atoms with van der Waals surface area (Å²) in [6, 6.07) is 6.68. The maximum atomic E-state index is 12.1. The van der Waals surface area contributed by atoms with E-state index in [4.69, 9.17) is 0 Å². The van der Waals surface area contributed by atoms with Gasteiger partial charge in [0.2, 0.25) is 11.8 Å². The number of hydrogen-bond donors (Lipinski definition) is 2. The Morgan fingerprint density at radius 1 is 1.39 bits per heavy atom. The quantitative estimate of drug-likeness (QED) is 0.806. The minimum atomic E-state index is -0.869. The van der Waals surface area contributed by atoms with Crippen molar-refractivity contribution in [2.75, 3.05) is 6.54 Å². The Bertz CT molecular complexity index is 497. The van der Waals surface area contributed by atoms with Crippen LogP contribution in [0, 0.1) is 0 Å². The molecule has 0 unspecified atom stereocenters. The van der Waals surface area contributed by atoms with E-state index in [2.05, 4.69) is 5.32 Å². The number of phenolic OH excluding ortho intramolecular Hbond substituents is 1. The van der Waals surface area contributed by atoms with Crippen molar-refractivity contribution in [2.24, 2.45) is 0 Å². The van der Waals surface area contributed by atoms with Crippen LogP contribution in [0.1, 0.15) is 19.4 Å². The maximum absolute atomic E-state index is 12.1. The van der Waals surface area contributed by atoms with Crippen LogP contribution in [0.2, 0.25) is 0 Å². The molecule has 1 aliphatic rings. The van der Waals surface area contributed by atoms with Gasteiger partial charge in [0.1, 0.15) is 11.3 Å². The van der Waals surface area contributed by atoms with Gasteiger partial charge in [0, 0.05) is 6.54 Å². The zero-order chi connectivity index (χ0) is 13.3. The molecule has 1 aromatic carbocycles. The molecule has 0 atom stereocenters. The molecule has 0 aromatic heterocycles. The van der Waals surface area contributed by atoms with Crippen molar-refractivity contribution >= 4 is 11.8 Å². The Morgan fingerprint density at radius 2 is 2.11 bits per heavy atom. The van der Waals surface area contributed by atoms with Gasteiger partial charge in [0.25, 0.3) is 0 Å². The van der Waals surface area contributed by atoms with E-state index in [0.29, 0.717) is 6.54 Å². The van der Waals surface area contributed by atoms with Crippen LogP contribution in [0.15, 0.2) is 24.3 Å². The second kappa shape index (κ2) is 4.33. The molecule has 96 valence electrons. The molecule has 1 aromatic rings. The average Bonchev–Trinajstić information content (AvgIpc) is 2.24. The lowest BCUT2D eigenvalue weighted by atomic mass is 10.00. The molecule has 2 rings (SSSR count). The molecule has 1 fully saturated rings. The summed E-state index contributed by atoms with van der Waals surface area (Å²) < 4.78 is 0. The van der Waals surface area contributed by atoms with Gasteiger partial charge in [0.15, 0.2) is 0 Å². The molecule has 18 heavy (non-hydrogen) atoms. The molecule has 5 nitrogen and oxygen atoms in total. The second-order valence-corrected chi connectivity index (χ2v) is 5.00. The van der Waals surface area contributed by atoms with Crippen molar-refractivity contribution in [1.82, 2.24) is 10.2 Å². The standard InChI is InChI=1S/C13H16N2O3/c1-13(2)12(18)15(8-11(17)14-13)7-9-4-3-5-10(16)6-9/h3-6,16H,7-8H2,1-2H3,(H,14,17). The molecule has 1 saturated heterocycles. The minimum absolute atomic E-state index is 0.0535. The van der Waals surface area contributed by atoms with Crippen LogP contribution in [0.3, 0.4) is 0 Å². The number of nitrogens with one attached hydrogen (secondary N) is 1. The third-order valence-corrected chi connectivity index (χ3v) is 2.89. The maximum Gasteiger partial charge on any atom is 0.248 e. The molecular weight excluding hydrogens is 232 g/mol. The van der Waals surface area contributed by atoms with E-state index >= 15 is 0 Å². The lowest BCUT2D eigenvalue weighted by Gasteiger charge is -2.37. The Labute approximate surface area is 105 Å². The molecule has 2 N–H and O–H groups in total. The zero-order valence-electron chi connectivity index (χ0n) is 10.4. The van der Waals surface area contributed by atoms with E-state index < -0.39 is 5.54 Å². The highest BCUT2D eigenvalue weighted by molar-refractivity contribution is 5.97. The van der Waals surface area contributed by atoms with Crippen molar-refractivity contribution in [1.29, 1.82) is 0 Å². The Balaban J connectivity index is 2.18. The SMILES string of the molecule is CC1(C)NC(=O)CN(Cc2cccc(O)c2)C1=O. The van der Waals surface area contributed by atoms with E-state index in [0.717, 1.165) is 5.56 Å². The number of phenols is 1. The predicted octanol–water partition coefficient (Wildman–Crippen LogP) is 0.629. The van der Waals surface area contributed by atoms with Crippen LogP contribution in [-0.2, 0) is 16.1 Å². The minimum Gasteiger partial charge on any atom is -0.508 e. The van der Waals surface area contributed by atoms with Gasteiger partial charge in [-0.05, 0) is 31.5 Å². The van der Waals surface area contributed by atoms with Crippen LogP contribution >= 0.6 is 0 Å². The zero-order valence-corrected chi connectivity index (χ0v) is 10.4. The number of carbonyl (C=O) groups is 2. The highest BCUT2D eigenvalue weighted by Crippen LogP contribution is 2.18. The van der Waals surface area contributed by atoms with E-state index in [1.165, 1.54) is 4.90 Å². The summed E-state index contributed by atoms with van der Waals surface area (Å²) in [5.41, 5.74) is -0.0690. The smallest absolute Gasteiger partial charge is 0.248 e. The molecular formula is C13H16N2O3. The van der Waals surface area contributed by atoms with Crippen molar-refractivity contribution in [2.45, 2.75) is 25.9 Å². The summed E-state index contributed by atoms with van der Waals surface area (Å²) in [5.74, 6) is -0.133. The highest BCUT2D eigenvalue weighted by Gasteiger charge is 2.38. The van der Waals surface area contributed by atoms with Crippen molar-refractivity contribution in [3.63, 3.8) is 0 Å². The predicted molar refractivity (Wildman–Crippen MR) is 65.7 cm³/mol. The molecule has 0 aliphatic carbocycles. The summed E-state index contributed by atoms with van der Waals surface area (Å²) >= 11 is 0. The van der Waals surface area contributed by atoms with E-state index in [1.54, 1.807) is 32.0 Å². The molecule has 0 radical (unpaired) electrons. The highest BCUT2D eigenvalue weighted by atomic mass is 16.3. The van der Waals surface area contributed by atoms with Crippen LogP contribution in [-0.4, -0.2) is 33.9 Å². The Morgan fingerprint density at radius 3 is 2.78 bits per heavy atom. The second-order valence-electron chi connectivity index (χ2n) is 5.00. The summed E-state index contributed by atoms with van der Waals surface area (Å²) in [5, 5.41) is 12.0. The molecule has 0 bridgehead atoms. The van der Waals surface area contributed by atoms with Crippen molar-refractivity contribution in [3.05, 3.63) is 29.8 Å². The number of amides is 2. The monoisotopic (exact) mass is 248 g/mol. The topological polar surface area (TPSA) is 69.6 Å². The van der Waals surface area contributed by atoms with Gasteiger partial charge < -0.3 is 15.3 Å². The van der Waals surface area contributed by atoms with Crippen LogP contribution in [0.5, 0.6) is 5.75 Å². The van der Waals surface area contributed by atoms with Crippen LogP contribution in [0.25, 0.3) is 0 Å². The van der Waals surface area contributed by atoms with Gasteiger partial charge in [-0.2, -0.15) is 0 Å². The van der Waals surface area contributed by atoms with Crippen LogP contribution in [0.4, 0.5) is 0 Å². The fraction of sp³-hybridized carbons (Fsp3) is 0.385. The van der Waals surface area contributed by atoms with Gasteiger partial charge in [-0.3, -0.25) is 9.59 Å². The molecule has 0 spiro atoms. The summed E-state index contributed by atoms with van der Waals surface area (Å²) in [6.07, 6.45) is 0. The van der Waals surface area contributed by atoms with Gasteiger partial charge in [0.05, 0.1) is 6.54 Å². The summed E-state index contributed by atoms with van der Waals surface area (Å²) in [7, 11) is 0. The van der Waals surface area contributed by atoms with Gasteiger partial charge in [-0.15, -0.1) is 0 Å². The normalized spacial score (nSPS) is 18.7. The number of benzene rings is 1. The number of carbonyl (C=O) groups excluding carboxylic acids is 2. The van der Waals surface area contributed by atoms with Crippen molar-refractivity contribution in [3.8, 4) is 5.75 Å². The van der Waals surface area contributed by atoms with Gasteiger partial charge in [-0.1, -0.05) is 12.1 Å². The fourth-order valence-electron chi connectivity index (χ4n) is 2.08. The third kappa shape index (κ3) is 2.45. The van der Waals surface area contributed by atoms with Crippen LogP contribution < -0.4 is 5.32 Å². The van der Waals surface area contributed by atoms with Gasteiger partial charge >= 0.3 is 0 Å². The molecule has 2 amide bonds. The fourth-order valence-corrected chi connectivity index (χ4v) is 2.08. The van der Waals surface area contributed by atoms with Crippen molar-refractivity contribution < 1.29 is 14.7 Å². The number of nitrogens with zero attached hydrogens (tertiary/aromatic N) is 1. The summed E-state index contributed by atoms with van der Waals surface area (Å²) in [4.78, 5) is 25.2. The molecule has 1 heterocycles. The number of rotatable bonds is 2. The largest absolute Gasteiger partial charge is 0.508 e. The lowest BCUT2D eigenvalue weighted by Crippen LogP contribution is -2.63. The first-order valence-corrected chi connectivity index (χ1v) is 5.77. The number of aromatic hydroxyl groups is 1. The first-order chi connectivity index (χ1) is 8.38. The third-order valence-electron chi connectivity index (χ3n) is 2.89. The first-order valence-electron chi connectivity index (χ1n) is 5.77. The first kappa shape index (κ1) is 12.4. The molecule has 0 saturated carbocycles.